The highest BCUT2D eigenvalue weighted by Gasteiger charge is 2.21. The Morgan fingerprint density at radius 3 is 2.79 bits per heavy atom. The van der Waals surface area contributed by atoms with Crippen molar-refractivity contribution in [3.8, 4) is 0 Å². The van der Waals surface area contributed by atoms with E-state index in [4.69, 9.17) is 10.5 Å². The van der Waals surface area contributed by atoms with Crippen LogP contribution in [0.5, 0.6) is 0 Å². The summed E-state index contributed by atoms with van der Waals surface area (Å²) in [6.45, 7) is 3.97. The summed E-state index contributed by atoms with van der Waals surface area (Å²) in [7, 11) is 2.00. The van der Waals surface area contributed by atoms with Crippen LogP contribution < -0.4 is 10.6 Å². The van der Waals surface area contributed by atoms with Crippen LogP contribution in [0.25, 0.3) is 0 Å². The maximum Gasteiger partial charge on any atom is 0.161 e. The predicted molar refractivity (Wildman–Crippen MR) is 77.7 cm³/mol. The molecule has 0 radical (unpaired) electrons. The van der Waals surface area contributed by atoms with Crippen molar-refractivity contribution in [1.82, 2.24) is 0 Å². The van der Waals surface area contributed by atoms with Crippen LogP contribution in [0.1, 0.15) is 30.1 Å². The first-order valence-corrected chi connectivity index (χ1v) is 6.77. The number of ether oxygens (including phenoxy) is 1. The number of anilines is 2. The van der Waals surface area contributed by atoms with Gasteiger partial charge >= 0.3 is 0 Å². The lowest BCUT2D eigenvalue weighted by Gasteiger charge is -2.20. The third-order valence-electron chi connectivity index (χ3n) is 3.48. The van der Waals surface area contributed by atoms with Gasteiger partial charge in [0.15, 0.2) is 5.78 Å². The molecule has 1 aromatic carbocycles. The topological polar surface area (TPSA) is 55.6 Å². The fraction of sp³-hybridized carbons (Fsp3) is 0.533. The van der Waals surface area contributed by atoms with Gasteiger partial charge in [-0.3, -0.25) is 4.79 Å². The lowest BCUT2D eigenvalue weighted by molar-refractivity contribution is 0.101. The van der Waals surface area contributed by atoms with Gasteiger partial charge < -0.3 is 15.4 Å². The van der Waals surface area contributed by atoms with Gasteiger partial charge in [0, 0.05) is 37.1 Å². The van der Waals surface area contributed by atoms with Gasteiger partial charge in [0.2, 0.25) is 0 Å². The molecule has 0 bridgehead atoms. The highest BCUT2D eigenvalue weighted by atomic mass is 16.5. The van der Waals surface area contributed by atoms with Crippen LogP contribution in [0.3, 0.4) is 0 Å². The van der Waals surface area contributed by atoms with E-state index >= 15 is 0 Å². The Kier molecular flexibility index (Phi) is 4.43. The first kappa shape index (κ1) is 13.9. The number of benzene rings is 1. The monoisotopic (exact) mass is 262 g/mol. The quantitative estimate of drug-likeness (QED) is 0.465. The standard InChI is InChI=1S/C15H22N2O2/c1-11(18)14-6-5-13(9-15(14)16)17(2)7-8-19-10-12-3-4-12/h5-6,9,12H,3-4,7-8,10,16H2,1-2H3. The highest BCUT2D eigenvalue weighted by molar-refractivity contribution is 5.99. The number of carbonyl (C=O) groups is 1. The van der Waals surface area contributed by atoms with E-state index in [1.54, 1.807) is 6.07 Å². The van der Waals surface area contributed by atoms with E-state index in [0.717, 1.165) is 31.4 Å². The number of hydrogen-bond donors (Lipinski definition) is 1. The van der Waals surface area contributed by atoms with Crippen molar-refractivity contribution in [3.63, 3.8) is 0 Å². The Labute approximate surface area is 114 Å². The maximum atomic E-state index is 11.3. The van der Waals surface area contributed by atoms with Crippen molar-refractivity contribution in [2.24, 2.45) is 5.92 Å². The van der Waals surface area contributed by atoms with Gasteiger partial charge in [0.1, 0.15) is 0 Å². The molecule has 2 N–H and O–H groups in total. The fourth-order valence-corrected chi connectivity index (χ4v) is 1.97. The first-order chi connectivity index (χ1) is 9.08. The van der Waals surface area contributed by atoms with Crippen LogP contribution in [0.15, 0.2) is 18.2 Å². The van der Waals surface area contributed by atoms with Gasteiger partial charge in [-0.1, -0.05) is 0 Å². The third-order valence-corrected chi connectivity index (χ3v) is 3.48. The van der Waals surface area contributed by atoms with Crippen LogP contribution in [0, 0.1) is 5.92 Å². The second kappa shape index (κ2) is 6.06. The summed E-state index contributed by atoms with van der Waals surface area (Å²) in [6.07, 6.45) is 2.64. The highest BCUT2D eigenvalue weighted by Crippen LogP contribution is 2.28. The molecular weight excluding hydrogens is 240 g/mol. The minimum Gasteiger partial charge on any atom is -0.398 e. The van der Waals surface area contributed by atoms with Crippen LogP contribution in [-0.2, 0) is 4.74 Å². The number of rotatable bonds is 7. The van der Waals surface area contributed by atoms with Crippen molar-refractivity contribution in [3.05, 3.63) is 23.8 Å². The Balaban J connectivity index is 1.85. The Hall–Kier alpha value is -1.55. The summed E-state index contributed by atoms with van der Waals surface area (Å²) >= 11 is 0. The van der Waals surface area contributed by atoms with Gasteiger partial charge in [-0.05, 0) is 43.9 Å². The Morgan fingerprint density at radius 1 is 1.47 bits per heavy atom. The zero-order valence-corrected chi connectivity index (χ0v) is 11.7. The number of Topliss-reactive ketones (excluding diaryl/α,β-unsaturated/α-hetero) is 1. The minimum absolute atomic E-state index is 0.000491. The molecule has 104 valence electrons. The summed E-state index contributed by atoms with van der Waals surface area (Å²) in [6, 6.07) is 5.56. The summed E-state index contributed by atoms with van der Waals surface area (Å²) in [4.78, 5) is 13.4. The molecule has 0 aliphatic heterocycles. The van der Waals surface area contributed by atoms with Crippen LogP contribution >= 0.6 is 0 Å². The van der Waals surface area contributed by atoms with E-state index < -0.39 is 0 Å². The molecular formula is C15H22N2O2. The molecule has 0 atom stereocenters. The van der Waals surface area contributed by atoms with Gasteiger partial charge in [-0.2, -0.15) is 0 Å². The molecule has 1 aliphatic rings. The van der Waals surface area contributed by atoms with E-state index in [9.17, 15) is 4.79 Å². The van der Waals surface area contributed by atoms with E-state index in [1.165, 1.54) is 19.8 Å². The number of carbonyl (C=O) groups excluding carboxylic acids is 1. The van der Waals surface area contributed by atoms with Gasteiger partial charge in [-0.15, -0.1) is 0 Å². The summed E-state index contributed by atoms with van der Waals surface area (Å²) in [5.41, 5.74) is 8.02. The molecule has 1 aromatic rings. The van der Waals surface area contributed by atoms with Crippen molar-refractivity contribution in [2.45, 2.75) is 19.8 Å². The number of nitrogens with zero attached hydrogens (tertiary/aromatic N) is 1. The summed E-state index contributed by atoms with van der Waals surface area (Å²) in [5, 5.41) is 0. The molecule has 0 spiro atoms. The van der Waals surface area contributed by atoms with Gasteiger partial charge in [0.05, 0.1) is 6.61 Å². The largest absolute Gasteiger partial charge is 0.398 e. The third kappa shape index (κ3) is 3.96. The van der Waals surface area contributed by atoms with E-state index in [2.05, 4.69) is 4.90 Å². The predicted octanol–water partition coefficient (Wildman–Crippen LogP) is 2.33. The second-order valence-electron chi connectivity index (χ2n) is 5.27. The average molecular weight is 262 g/mol. The van der Waals surface area contributed by atoms with E-state index in [0.29, 0.717) is 11.3 Å². The number of nitrogens with two attached hydrogens (primary N) is 1. The molecule has 4 heteroatoms. The molecule has 0 unspecified atom stereocenters. The van der Waals surface area contributed by atoms with Gasteiger partial charge in [-0.25, -0.2) is 0 Å². The fourth-order valence-electron chi connectivity index (χ4n) is 1.97. The molecule has 19 heavy (non-hydrogen) atoms. The molecule has 4 nitrogen and oxygen atoms in total. The van der Waals surface area contributed by atoms with Crippen LogP contribution in [-0.4, -0.2) is 32.6 Å². The Morgan fingerprint density at radius 2 is 2.21 bits per heavy atom. The molecule has 0 saturated heterocycles. The Bertz CT molecular complexity index is 455. The lowest BCUT2D eigenvalue weighted by Crippen LogP contribution is -2.23. The van der Waals surface area contributed by atoms with Crippen molar-refractivity contribution < 1.29 is 9.53 Å². The first-order valence-electron chi connectivity index (χ1n) is 6.77. The molecule has 1 saturated carbocycles. The van der Waals surface area contributed by atoms with Crippen molar-refractivity contribution in [1.29, 1.82) is 0 Å². The average Bonchev–Trinajstić information content (AvgIpc) is 3.17. The minimum atomic E-state index is -0.000491. The summed E-state index contributed by atoms with van der Waals surface area (Å²) < 4.78 is 5.61. The number of ketones is 1. The molecule has 1 fully saturated rings. The maximum absolute atomic E-state index is 11.3. The van der Waals surface area contributed by atoms with E-state index in [1.807, 2.05) is 19.2 Å². The van der Waals surface area contributed by atoms with Crippen molar-refractivity contribution >= 4 is 17.2 Å². The molecule has 0 aromatic heterocycles. The molecule has 2 rings (SSSR count). The van der Waals surface area contributed by atoms with E-state index in [-0.39, 0.29) is 5.78 Å². The SMILES string of the molecule is CC(=O)c1ccc(N(C)CCOCC2CC2)cc1N. The second-order valence-corrected chi connectivity index (χ2v) is 5.27. The zero-order chi connectivity index (χ0) is 13.8. The number of nitrogen functional groups attached to an aromatic ring is 1. The lowest BCUT2D eigenvalue weighted by atomic mass is 10.1. The van der Waals surface area contributed by atoms with Crippen LogP contribution in [0.2, 0.25) is 0 Å². The number of hydrogen-bond acceptors (Lipinski definition) is 4. The smallest absolute Gasteiger partial charge is 0.161 e. The van der Waals surface area contributed by atoms with Gasteiger partial charge in [0.25, 0.3) is 0 Å². The number of likely N-dealkylation sites (N-methyl/N-ethyl adjacent to an activating group) is 1. The van der Waals surface area contributed by atoms with Crippen molar-refractivity contribution in [2.75, 3.05) is 37.4 Å². The summed E-state index contributed by atoms with van der Waals surface area (Å²) in [5.74, 6) is 0.801. The molecule has 1 aliphatic carbocycles. The van der Waals surface area contributed by atoms with Crippen LogP contribution in [0.4, 0.5) is 11.4 Å². The molecule has 0 amide bonds. The zero-order valence-electron chi connectivity index (χ0n) is 11.7. The molecule has 0 heterocycles. The normalized spacial score (nSPS) is 14.4.